The number of H-pyrrole nitrogens is 1. The molecule has 3 rings (SSSR count). The van der Waals surface area contributed by atoms with Crippen LogP contribution >= 0.6 is 0 Å². The maximum atomic E-state index is 13.1. The second-order valence-electron chi connectivity index (χ2n) is 4.72. The Bertz CT molecular complexity index is 839. The lowest BCUT2D eigenvalue weighted by atomic mass is 10.1. The number of aryl methyl sites for hydroxylation is 1. The van der Waals surface area contributed by atoms with Crippen LogP contribution in [0.2, 0.25) is 0 Å². The quantitative estimate of drug-likeness (QED) is 0.763. The average Bonchev–Trinajstić information content (AvgIpc) is 2.81. The van der Waals surface area contributed by atoms with E-state index in [9.17, 15) is 9.18 Å². The van der Waals surface area contributed by atoms with Crippen molar-refractivity contribution >= 4 is 11.5 Å². The van der Waals surface area contributed by atoms with Gasteiger partial charge in [0.05, 0.1) is 0 Å². The number of rotatable bonds is 4. The van der Waals surface area contributed by atoms with Crippen LogP contribution in [0.15, 0.2) is 35.1 Å². The van der Waals surface area contributed by atoms with E-state index in [0.29, 0.717) is 30.3 Å². The van der Waals surface area contributed by atoms with Crippen LogP contribution in [-0.4, -0.2) is 26.1 Å². The fourth-order valence-corrected chi connectivity index (χ4v) is 2.22. The Morgan fingerprint density at radius 2 is 2.24 bits per heavy atom. The summed E-state index contributed by atoms with van der Waals surface area (Å²) < 4.78 is 14.5. The van der Waals surface area contributed by atoms with Crippen LogP contribution in [0.25, 0.3) is 5.65 Å². The Morgan fingerprint density at radius 1 is 1.38 bits per heavy atom. The van der Waals surface area contributed by atoms with Gasteiger partial charge in [0.2, 0.25) is 0 Å². The van der Waals surface area contributed by atoms with Crippen molar-refractivity contribution in [1.82, 2.24) is 19.6 Å². The molecule has 2 N–H and O–H groups in total. The highest BCUT2D eigenvalue weighted by atomic mass is 19.1. The van der Waals surface area contributed by atoms with E-state index in [1.807, 2.05) is 6.07 Å². The van der Waals surface area contributed by atoms with E-state index in [1.165, 1.54) is 16.5 Å². The van der Waals surface area contributed by atoms with Crippen LogP contribution in [0, 0.1) is 12.7 Å². The number of nitrogens with zero attached hydrogens (tertiary/aromatic N) is 3. The van der Waals surface area contributed by atoms with Crippen molar-refractivity contribution in [2.45, 2.75) is 13.3 Å². The standard InChI is InChI=1S/C14H14FN5O/c1-9-17-12(8-13-18-19-14(21)20(9)13)16-6-5-10-3-2-4-11(15)7-10/h2-4,7-8,16H,5-6H2,1H3,(H,19,21). The molecular weight excluding hydrogens is 273 g/mol. The van der Waals surface area contributed by atoms with E-state index in [0.717, 1.165) is 5.56 Å². The zero-order chi connectivity index (χ0) is 14.8. The van der Waals surface area contributed by atoms with Crippen molar-refractivity contribution in [1.29, 1.82) is 0 Å². The number of nitrogens with one attached hydrogen (secondary N) is 2. The molecule has 0 aliphatic heterocycles. The molecule has 3 aromatic rings. The molecule has 2 heterocycles. The minimum Gasteiger partial charge on any atom is -0.370 e. The maximum absolute atomic E-state index is 13.1. The summed E-state index contributed by atoms with van der Waals surface area (Å²) in [5.74, 6) is 0.952. The lowest BCUT2D eigenvalue weighted by Gasteiger charge is -2.07. The molecule has 0 unspecified atom stereocenters. The number of benzene rings is 1. The summed E-state index contributed by atoms with van der Waals surface area (Å²) in [7, 11) is 0. The first-order valence-corrected chi connectivity index (χ1v) is 6.56. The largest absolute Gasteiger partial charge is 0.370 e. The van der Waals surface area contributed by atoms with Crippen molar-refractivity contribution < 1.29 is 4.39 Å². The first-order valence-electron chi connectivity index (χ1n) is 6.56. The van der Waals surface area contributed by atoms with Crippen LogP contribution in [0.4, 0.5) is 10.2 Å². The van der Waals surface area contributed by atoms with E-state index in [2.05, 4.69) is 20.5 Å². The lowest BCUT2D eigenvalue weighted by Crippen LogP contribution is -2.14. The van der Waals surface area contributed by atoms with Gasteiger partial charge in [-0.15, -0.1) is 0 Å². The Hall–Kier alpha value is -2.70. The molecule has 0 saturated carbocycles. The fraction of sp³-hybridized carbons (Fsp3) is 0.214. The summed E-state index contributed by atoms with van der Waals surface area (Å²) in [5, 5.41) is 9.45. The van der Waals surface area contributed by atoms with E-state index in [4.69, 9.17) is 0 Å². The highest BCUT2D eigenvalue weighted by molar-refractivity contribution is 5.49. The predicted molar refractivity (Wildman–Crippen MR) is 76.9 cm³/mol. The minimum atomic E-state index is -0.304. The van der Waals surface area contributed by atoms with E-state index in [1.54, 1.807) is 19.1 Å². The Balaban J connectivity index is 1.72. The SMILES string of the molecule is Cc1nc(NCCc2cccc(F)c2)cc2n[nH]c(=O)n12. The van der Waals surface area contributed by atoms with Gasteiger partial charge in [-0.1, -0.05) is 12.1 Å². The van der Waals surface area contributed by atoms with Crippen molar-refractivity contribution in [2.75, 3.05) is 11.9 Å². The van der Waals surface area contributed by atoms with Gasteiger partial charge in [0, 0.05) is 12.6 Å². The molecule has 0 bridgehead atoms. The van der Waals surface area contributed by atoms with E-state index in [-0.39, 0.29) is 11.5 Å². The Kier molecular flexibility index (Phi) is 3.39. The molecule has 0 saturated heterocycles. The monoisotopic (exact) mass is 287 g/mol. The molecule has 2 aromatic heterocycles. The minimum absolute atomic E-state index is 0.237. The summed E-state index contributed by atoms with van der Waals surface area (Å²) in [6.07, 6.45) is 0.678. The molecule has 0 spiro atoms. The van der Waals surface area contributed by atoms with Crippen molar-refractivity contribution in [2.24, 2.45) is 0 Å². The zero-order valence-corrected chi connectivity index (χ0v) is 11.4. The first kappa shape index (κ1) is 13.3. The van der Waals surface area contributed by atoms with Gasteiger partial charge in [0.15, 0.2) is 5.65 Å². The molecule has 0 radical (unpaired) electrons. The molecule has 21 heavy (non-hydrogen) atoms. The highest BCUT2D eigenvalue weighted by Gasteiger charge is 2.06. The van der Waals surface area contributed by atoms with Crippen molar-refractivity contribution in [3.8, 4) is 0 Å². The van der Waals surface area contributed by atoms with Gasteiger partial charge in [-0.05, 0) is 31.0 Å². The lowest BCUT2D eigenvalue weighted by molar-refractivity contribution is 0.625. The summed E-state index contributed by atoms with van der Waals surface area (Å²) in [6.45, 7) is 2.35. The number of fused-ring (bicyclic) bond motifs is 1. The smallest absolute Gasteiger partial charge is 0.349 e. The van der Waals surface area contributed by atoms with Crippen LogP contribution in [-0.2, 0) is 6.42 Å². The topological polar surface area (TPSA) is 75.1 Å². The normalized spacial score (nSPS) is 11.0. The van der Waals surface area contributed by atoms with Crippen molar-refractivity contribution in [3.63, 3.8) is 0 Å². The summed E-state index contributed by atoms with van der Waals surface area (Å²) >= 11 is 0. The summed E-state index contributed by atoms with van der Waals surface area (Å²) in [5.41, 5.74) is 1.12. The molecule has 0 aliphatic rings. The van der Waals surface area contributed by atoms with Crippen LogP contribution in [0.5, 0.6) is 0 Å². The molecule has 1 aromatic carbocycles. The maximum Gasteiger partial charge on any atom is 0.349 e. The molecule has 0 amide bonds. The molecule has 7 heteroatoms. The molecular formula is C14H14FN5O. The predicted octanol–water partition coefficient (Wildman–Crippen LogP) is 1.52. The van der Waals surface area contributed by atoms with Crippen LogP contribution < -0.4 is 11.0 Å². The van der Waals surface area contributed by atoms with Crippen LogP contribution in [0.1, 0.15) is 11.4 Å². The summed E-state index contributed by atoms with van der Waals surface area (Å²) in [6, 6.07) is 8.19. The molecule has 0 atom stereocenters. The van der Waals surface area contributed by atoms with E-state index < -0.39 is 0 Å². The van der Waals surface area contributed by atoms with Gasteiger partial charge in [0.25, 0.3) is 0 Å². The van der Waals surface area contributed by atoms with Gasteiger partial charge in [-0.25, -0.2) is 23.7 Å². The molecule has 0 aliphatic carbocycles. The number of hydrogen-bond acceptors (Lipinski definition) is 4. The van der Waals surface area contributed by atoms with Crippen LogP contribution in [0.3, 0.4) is 0 Å². The number of hydrogen-bond donors (Lipinski definition) is 2. The van der Waals surface area contributed by atoms with Crippen molar-refractivity contribution in [3.05, 3.63) is 58.0 Å². The van der Waals surface area contributed by atoms with E-state index >= 15 is 0 Å². The number of anilines is 1. The zero-order valence-electron chi connectivity index (χ0n) is 11.4. The Labute approximate surface area is 119 Å². The number of aromatic nitrogens is 4. The number of aromatic amines is 1. The third kappa shape index (κ3) is 2.76. The second-order valence-corrected chi connectivity index (χ2v) is 4.72. The third-order valence-electron chi connectivity index (χ3n) is 3.18. The first-order chi connectivity index (χ1) is 10.1. The molecule has 6 nitrogen and oxygen atoms in total. The second kappa shape index (κ2) is 5.35. The van der Waals surface area contributed by atoms with Gasteiger partial charge in [-0.3, -0.25) is 0 Å². The number of halogens is 1. The summed E-state index contributed by atoms with van der Waals surface area (Å²) in [4.78, 5) is 15.8. The van der Waals surface area contributed by atoms with Gasteiger partial charge >= 0.3 is 5.69 Å². The van der Waals surface area contributed by atoms with Gasteiger partial charge < -0.3 is 5.32 Å². The Morgan fingerprint density at radius 3 is 3.05 bits per heavy atom. The van der Waals surface area contributed by atoms with Gasteiger partial charge in [0.1, 0.15) is 17.5 Å². The van der Waals surface area contributed by atoms with Gasteiger partial charge in [-0.2, -0.15) is 5.10 Å². The molecule has 108 valence electrons. The third-order valence-corrected chi connectivity index (χ3v) is 3.18. The fourth-order valence-electron chi connectivity index (χ4n) is 2.22. The average molecular weight is 287 g/mol. The highest BCUT2D eigenvalue weighted by Crippen LogP contribution is 2.09. The molecule has 0 fully saturated rings.